The molecule has 2 aromatic heterocycles. The summed E-state index contributed by atoms with van der Waals surface area (Å²) in [6.45, 7) is 4.08. The van der Waals surface area contributed by atoms with Gasteiger partial charge < -0.3 is 0 Å². The Hall–Kier alpha value is -2.67. The quantitative estimate of drug-likeness (QED) is 0.475. The second-order valence-corrected chi connectivity index (χ2v) is 10.4. The predicted octanol–water partition coefficient (Wildman–Crippen LogP) is 4.37. The lowest BCUT2D eigenvalue weighted by Crippen LogP contribution is -2.38. The summed E-state index contributed by atoms with van der Waals surface area (Å²) in [5.74, 6) is 0. The fraction of sp³-hybridized carbons (Fsp3) is 0.174. The lowest BCUT2D eigenvalue weighted by Gasteiger charge is -2.27. The van der Waals surface area contributed by atoms with Crippen molar-refractivity contribution in [1.82, 2.24) is 14.3 Å². The Balaban J connectivity index is 1.80. The van der Waals surface area contributed by atoms with Gasteiger partial charge in [0.2, 0.25) is 0 Å². The van der Waals surface area contributed by atoms with Gasteiger partial charge in [0, 0.05) is 22.7 Å². The third-order valence-electron chi connectivity index (χ3n) is 6.53. The van der Waals surface area contributed by atoms with Crippen LogP contribution in [0.1, 0.15) is 36.2 Å². The van der Waals surface area contributed by atoms with E-state index in [0.717, 1.165) is 22.1 Å². The SMILES string of the molecule is CC12NC(C)(c3c1ccnc3Cl)c1c2c2ccccc2n1S(=O)(=O)c1ccccc1. The van der Waals surface area contributed by atoms with Crippen LogP contribution in [0.5, 0.6) is 0 Å². The Morgan fingerprint density at radius 1 is 0.933 bits per heavy atom. The highest BCUT2D eigenvalue weighted by Gasteiger charge is 2.61. The van der Waals surface area contributed by atoms with Gasteiger partial charge in [-0.2, -0.15) is 0 Å². The smallest absolute Gasteiger partial charge is 0.268 e. The number of aromatic nitrogens is 2. The van der Waals surface area contributed by atoms with E-state index in [1.54, 1.807) is 30.5 Å². The number of para-hydroxylation sites is 1. The highest BCUT2D eigenvalue weighted by molar-refractivity contribution is 7.90. The van der Waals surface area contributed by atoms with E-state index < -0.39 is 21.1 Å². The van der Waals surface area contributed by atoms with Crippen LogP contribution in [-0.4, -0.2) is 17.4 Å². The average Bonchev–Trinajstić information content (AvgIpc) is 3.30. The number of fused-ring (bicyclic) bond motifs is 10. The first-order valence-corrected chi connectivity index (χ1v) is 11.5. The molecule has 0 saturated heterocycles. The zero-order chi connectivity index (χ0) is 20.9. The third kappa shape index (κ3) is 1.92. The standard InChI is InChI=1S/C23H18ClN3O2S/c1-22-16-12-13-25-21(24)19(16)23(2,26-22)20-18(22)15-10-6-7-11-17(15)27(20)30(28,29)14-8-4-3-5-9-14/h3-13,26H,1-2H3. The fourth-order valence-electron chi connectivity index (χ4n) is 5.45. The number of hydrogen-bond donors (Lipinski definition) is 1. The molecule has 6 rings (SSSR count). The molecule has 1 N–H and O–H groups in total. The van der Waals surface area contributed by atoms with Crippen LogP contribution in [-0.2, 0) is 21.1 Å². The fourth-order valence-corrected chi connectivity index (χ4v) is 7.44. The molecule has 2 bridgehead atoms. The molecule has 150 valence electrons. The Morgan fingerprint density at radius 3 is 2.40 bits per heavy atom. The van der Waals surface area contributed by atoms with E-state index in [1.807, 2.05) is 43.3 Å². The Morgan fingerprint density at radius 2 is 1.63 bits per heavy atom. The molecule has 30 heavy (non-hydrogen) atoms. The lowest BCUT2D eigenvalue weighted by molar-refractivity contribution is 0.410. The van der Waals surface area contributed by atoms with Crippen molar-refractivity contribution in [3.63, 3.8) is 0 Å². The Kier molecular flexibility index (Phi) is 3.33. The van der Waals surface area contributed by atoms with Gasteiger partial charge in [0.15, 0.2) is 0 Å². The zero-order valence-electron chi connectivity index (χ0n) is 16.3. The molecule has 2 atom stereocenters. The molecule has 7 heteroatoms. The summed E-state index contributed by atoms with van der Waals surface area (Å²) in [5, 5.41) is 4.99. The molecule has 0 fully saturated rings. The molecule has 2 aliphatic heterocycles. The minimum atomic E-state index is -3.84. The molecule has 0 spiro atoms. The van der Waals surface area contributed by atoms with Crippen molar-refractivity contribution in [1.29, 1.82) is 0 Å². The van der Waals surface area contributed by atoms with Gasteiger partial charge in [-0.3, -0.25) is 5.32 Å². The van der Waals surface area contributed by atoms with Gasteiger partial charge in [-0.05, 0) is 43.7 Å². The van der Waals surface area contributed by atoms with Gasteiger partial charge in [0.25, 0.3) is 10.0 Å². The van der Waals surface area contributed by atoms with Crippen LogP contribution in [0.15, 0.2) is 71.8 Å². The number of nitrogens with one attached hydrogen (secondary N) is 1. The first-order valence-electron chi connectivity index (χ1n) is 9.70. The number of pyridine rings is 1. The van der Waals surface area contributed by atoms with Crippen molar-refractivity contribution in [2.75, 3.05) is 0 Å². The average molecular weight is 436 g/mol. The van der Waals surface area contributed by atoms with E-state index in [0.29, 0.717) is 16.4 Å². The van der Waals surface area contributed by atoms with Crippen molar-refractivity contribution < 1.29 is 8.42 Å². The van der Waals surface area contributed by atoms with Crippen molar-refractivity contribution in [3.8, 4) is 0 Å². The Labute approximate surface area is 179 Å². The molecule has 4 aromatic rings. The predicted molar refractivity (Wildman–Crippen MR) is 116 cm³/mol. The summed E-state index contributed by atoms with van der Waals surface area (Å²) in [4.78, 5) is 4.54. The maximum Gasteiger partial charge on any atom is 0.268 e. The first kappa shape index (κ1) is 18.1. The van der Waals surface area contributed by atoms with Crippen LogP contribution in [0, 0.1) is 0 Å². The van der Waals surface area contributed by atoms with Crippen LogP contribution < -0.4 is 5.32 Å². The van der Waals surface area contributed by atoms with Crippen LogP contribution in [0.25, 0.3) is 10.9 Å². The normalized spacial score (nSPS) is 24.2. The molecule has 2 unspecified atom stereocenters. The highest BCUT2D eigenvalue weighted by atomic mass is 35.5. The van der Waals surface area contributed by atoms with Crippen LogP contribution in [0.4, 0.5) is 0 Å². The molecule has 5 nitrogen and oxygen atoms in total. The van der Waals surface area contributed by atoms with Crippen molar-refractivity contribution in [2.45, 2.75) is 29.8 Å². The highest BCUT2D eigenvalue weighted by Crippen LogP contribution is 2.60. The van der Waals surface area contributed by atoms with E-state index >= 15 is 0 Å². The first-order chi connectivity index (χ1) is 14.3. The summed E-state index contributed by atoms with van der Waals surface area (Å²) < 4.78 is 29.2. The number of nitrogens with zero attached hydrogens (tertiary/aromatic N) is 2. The number of benzene rings is 2. The molecule has 0 amide bonds. The summed E-state index contributed by atoms with van der Waals surface area (Å²) in [6, 6.07) is 18.2. The molecule has 2 aliphatic rings. The molecule has 0 saturated carbocycles. The molecule has 0 radical (unpaired) electrons. The number of rotatable bonds is 2. The maximum atomic E-state index is 13.9. The monoisotopic (exact) mass is 435 g/mol. The van der Waals surface area contributed by atoms with E-state index in [-0.39, 0.29) is 4.90 Å². The van der Waals surface area contributed by atoms with E-state index in [2.05, 4.69) is 17.2 Å². The third-order valence-corrected chi connectivity index (χ3v) is 8.54. The van der Waals surface area contributed by atoms with Gasteiger partial charge in [0.1, 0.15) is 5.15 Å². The van der Waals surface area contributed by atoms with Gasteiger partial charge in [-0.1, -0.05) is 48.0 Å². The zero-order valence-corrected chi connectivity index (χ0v) is 17.9. The topological polar surface area (TPSA) is 64.0 Å². The van der Waals surface area contributed by atoms with Crippen molar-refractivity contribution in [2.24, 2.45) is 0 Å². The van der Waals surface area contributed by atoms with Crippen molar-refractivity contribution in [3.05, 3.63) is 94.4 Å². The largest absolute Gasteiger partial charge is 0.289 e. The number of halogens is 1. The van der Waals surface area contributed by atoms with Crippen LogP contribution >= 0.6 is 11.6 Å². The van der Waals surface area contributed by atoms with Crippen molar-refractivity contribution >= 4 is 32.5 Å². The van der Waals surface area contributed by atoms with Gasteiger partial charge in [0.05, 0.1) is 27.2 Å². The van der Waals surface area contributed by atoms with Crippen LogP contribution in [0.3, 0.4) is 0 Å². The molecule has 4 heterocycles. The minimum absolute atomic E-state index is 0.252. The second kappa shape index (κ2) is 5.52. The lowest BCUT2D eigenvalue weighted by atomic mass is 9.77. The van der Waals surface area contributed by atoms with E-state index in [1.165, 1.54) is 3.97 Å². The van der Waals surface area contributed by atoms with Crippen LogP contribution in [0.2, 0.25) is 5.15 Å². The van der Waals surface area contributed by atoms with Gasteiger partial charge >= 0.3 is 0 Å². The van der Waals surface area contributed by atoms with Gasteiger partial charge in [-0.25, -0.2) is 17.4 Å². The minimum Gasteiger partial charge on any atom is -0.289 e. The Bertz CT molecular complexity index is 1480. The summed E-state index contributed by atoms with van der Waals surface area (Å²) in [6.07, 6.45) is 1.71. The summed E-state index contributed by atoms with van der Waals surface area (Å²) in [5.41, 5.74) is 2.88. The maximum absolute atomic E-state index is 13.9. The number of hydrogen-bond acceptors (Lipinski definition) is 4. The second-order valence-electron chi connectivity index (χ2n) is 8.22. The molecule has 0 aliphatic carbocycles. The summed E-state index contributed by atoms with van der Waals surface area (Å²) in [7, 11) is -3.84. The van der Waals surface area contributed by atoms with Gasteiger partial charge in [-0.15, -0.1) is 0 Å². The molecule has 2 aromatic carbocycles. The molecular formula is C23H18ClN3O2S. The summed E-state index contributed by atoms with van der Waals surface area (Å²) >= 11 is 6.55. The van der Waals surface area contributed by atoms with E-state index in [9.17, 15) is 8.42 Å². The molecular weight excluding hydrogens is 418 g/mol. The van der Waals surface area contributed by atoms with E-state index in [4.69, 9.17) is 11.6 Å².